The number of benzene rings is 1. The number of thioether (sulfide) groups is 1. The second-order valence-electron chi connectivity index (χ2n) is 5.55. The maximum Gasteiger partial charge on any atom is 0.234 e. The molecule has 0 saturated heterocycles. The summed E-state index contributed by atoms with van der Waals surface area (Å²) in [6, 6.07) is 10.9. The van der Waals surface area contributed by atoms with Crippen LogP contribution in [-0.2, 0) is 11.3 Å². The van der Waals surface area contributed by atoms with E-state index in [2.05, 4.69) is 27.4 Å². The third kappa shape index (κ3) is 4.62. The third-order valence-electron chi connectivity index (χ3n) is 3.52. The van der Waals surface area contributed by atoms with Crippen LogP contribution in [0.25, 0.3) is 11.4 Å². The molecule has 26 heavy (non-hydrogen) atoms. The molecule has 1 N–H and O–H groups in total. The number of carbonyl (C=O) groups is 1. The van der Waals surface area contributed by atoms with E-state index in [1.807, 2.05) is 16.7 Å². The van der Waals surface area contributed by atoms with Gasteiger partial charge in [-0.2, -0.15) is 0 Å². The van der Waals surface area contributed by atoms with Gasteiger partial charge in [0.2, 0.25) is 5.91 Å². The Morgan fingerprint density at radius 1 is 1.27 bits per heavy atom. The lowest BCUT2D eigenvalue weighted by atomic mass is 10.2. The Hall–Kier alpha value is -2.38. The highest BCUT2D eigenvalue weighted by Crippen LogP contribution is 2.24. The second kappa shape index (κ2) is 8.82. The summed E-state index contributed by atoms with van der Waals surface area (Å²) in [5, 5.41) is 12.7. The molecule has 2 heterocycles. The first-order valence-electron chi connectivity index (χ1n) is 8.19. The zero-order valence-corrected chi connectivity index (χ0v) is 15.8. The minimum Gasteiger partial charge on any atom is -0.325 e. The van der Waals surface area contributed by atoms with Crippen LogP contribution < -0.4 is 5.32 Å². The van der Waals surface area contributed by atoms with Crippen LogP contribution >= 0.6 is 23.4 Å². The summed E-state index contributed by atoms with van der Waals surface area (Å²) in [5.41, 5.74) is 1.58. The van der Waals surface area contributed by atoms with Gasteiger partial charge in [-0.05, 0) is 36.8 Å². The number of anilines is 1. The number of carbonyl (C=O) groups excluding carboxylic acids is 1. The summed E-state index contributed by atoms with van der Waals surface area (Å²) in [6.45, 7) is 2.86. The molecule has 2 aromatic heterocycles. The highest BCUT2D eigenvalue weighted by molar-refractivity contribution is 7.99. The van der Waals surface area contributed by atoms with Crippen LogP contribution in [0.1, 0.15) is 13.3 Å². The van der Waals surface area contributed by atoms with E-state index in [9.17, 15) is 4.79 Å². The lowest BCUT2D eigenvalue weighted by Crippen LogP contribution is -2.14. The van der Waals surface area contributed by atoms with E-state index >= 15 is 0 Å². The van der Waals surface area contributed by atoms with Crippen molar-refractivity contribution in [2.45, 2.75) is 25.0 Å². The molecule has 0 atom stereocenters. The van der Waals surface area contributed by atoms with Crippen molar-refractivity contribution in [3.05, 3.63) is 53.8 Å². The van der Waals surface area contributed by atoms with Crippen LogP contribution in [0.5, 0.6) is 0 Å². The molecule has 0 aliphatic rings. The minimum absolute atomic E-state index is 0.119. The minimum atomic E-state index is -0.119. The zero-order valence-electron chi connectivity index (χ0n) is 14.2. The van der Waals surface area contributed by atoms with E-state index < -0.39 is 0 Å². The number of pyridine rings is 1. The lowest BCUT2D eigenvalue weighted by Gasteiger charge is -2.09. The summed E-state index contributed by atoms with van der Waals surface area (Å²) in [6.07, 6.45) is 4.42. The first kappa shape index (κ1) is 18.4. The smallest absolute Gasteiger partial charge is 0.234 e. The van der Waals surface area contributed by atoms with Gasteiger partial charge in [0.05, 0.1) is 5.75 Å². The van der Waals surface area contributed by atoms with Crippen LogP contribution in [0, 0.1) is 0 Å². The van der Waals surface area contributed by atoms with Crippen LogP contribution in [0.15, 0.2) is 53.9 Å². The van der Waals surface area contributed by atoms with E-state index in [0.29, 0.717) is 15.9 Å². The number of rotatable bonds is 7. The monoisotopic (exact) mass is 387 g/mol. The Kier molecular flexibility index (Phi) is 6.25. The molecular weight excluding hydrogens is 370 g/mol. The lowest BCUT2D eigenvalue weighted by molar-refractivity contribution is -0.113. The highest BCUT2D eigenvalue weighted by atomic mass is 35.5. The van der Waals surface area contributed by atoms with Gasteiger partial charge in [0.15, 0.2) is 11.0 Å². The Morgan fingerprint density at radius 3 is 2.88 bits per heavy atom. The number of halogens is 1. The van der Waals surface area contributed by atoms with Crippen LogP contribution in [0.2, 0.25) is 5.02 Å². The average Bonchev–Trinajstić information content (AvgIpc) is 3.04. The molecule has 0 spiro atoms. The summed E-state index contributed by atoms with van der Waals surface area (Å²) in [4.78, 5) is 16.3. The van der Waals surface area contributed by atoms with Gasteiger partial charge in [-0.25, -0.2) is 0 Å². The summed E-state index contributed by atoms with van der Waals surface area (Å²) in [7, 11) is 0. The van der Waals surface area contributed by atoms with Crippen molar-refractivity contribution in [3.63, 3.8) is 0 Å². The third-order valence-corrected chi connectivity index (χ3v) is 4.73. The largest absolute Gasteiger partial charge is 0.325 e. The van der Waals surface area contributed by atoms with E-state index in [0.717, 1.165) is 24.4 Å². The summed E-state index contributed by atoms with van der Waals surface area (Å²) in [5.74, 6) is 0.880. The predicted molar refractivity (Wildman–Crippen MR) is 104 cm³/mol. The number of nitrogens with zero attached hydrogens (tertiary/aromatic N) is 4. The average molecular weight is 388 g/mol. The van der Waals surface area contributed by atoms with Crippen molar-refractivity contribution in [2.75, 3.05) is 11.1 Å². The fourth-order valence-corrected chi connectivity index (χ4v) is 3.38. The normalized spacial score (nSPS) is 10.7. The number of amides is 1. The molecule has 3 rings (SSSR count). The maximum atomic E-state index is 12.2. The molecule has 0 aliphatic heterocycles. The van der Waals surface area contributed by atoms with Gasteiger partial charge in [0.25, 0.3) is 0 Å². The van der Waals surface area contributed by atoms with Crippen LogP contribution in [0.4, 0.5) is 5.69 Å². The van der Waals surface area contributed by atoms with Crippen molar-refractivity contribution in [1.82, 2.24) is 19.7 Å². The Bertz CT molecular complexity index is 884. The molecule has 0 saturated carbocycles. The second-order valence-corrected chi connectivity index (χ2v) is 6.93. The molecule has 3 aromatic rings. The molecule has 134 valence electrons. The van der Waals surface area contributed by atoms with E-state index in [1.165, 1.54) is 11.8 Å². The van der Waals surface area contributed by atoms with Crippen molar-refractivity contribution in [3.8, 4) is 11.4 Å². The number of hydrogen-bond acceptors (Lipinski definition) is 5. The molecule has 0 fully saturated rings. The van der Waals surface area contributed by atoms with Gasteiger partial charge < -0.3 is 9.88 Å². The topological polar surface area (TPSA) is 72.7 Å². The summed E-state index contributed by atoms with van der Waals surface area (Å²) >= 11 is 7.29. The van der Waals surface area contributed by atoms with Crippen molar-refractivity contribution < 1.29 is 4.79 Å². The summed E-state index contributed by atoms with van der Waals surface area (Å²) < 4.78 is 2.02. The van der Waals surface area contributed by atoms with E-state index in [4.69, 9.17) is 11.6 Å². The fourth-order valence-electron chi connectivity index (χ4n) is 2.42. The number of nitrogens with one attached hydrogen (secondary N) is 1. The Balaban J connectivity index is 1.69. The van der Waals surface area contributed by atoms with E-state index in [-0.39, 0.29) is 11.7 Å². The standard InChI is InChI=1S/C18H18ClN5OS/c1-2-9-24-17(13-5-4-8-20-11-13)22-23-18(24)26-12-16(25)21-15-7-3-6-14(19)10-15/h3-8,10-11H,2,9,12H2,1H3,(H,21,25). The van der Waals surface area contributed by atoms with Gasteiger partial charge in [-0.15, -0.1) is 10.2 Å². The molecule has 1 aromatic carbocycles. The zero-order chi connectivity index (χ0) is 18.4. The molecular formula is C18H18ClN5OS. The molecule has 0 radical (unpaired) electrons. The fraction of sp³-hybridized carbons (Fsp3) is 0.222. The Labute approximate surface area is 161 Å². The quantitative estimate of drug-likeness (QED) is 0.617. The molecule has 0 bridgehead atoms. The number of hydrogen-bond donors (Lipinski definition) is 1. The molecule has 0 unspecified atom stereocenters. The number of aromatic nitrogens is 4. The molecule has 8 heteroatoms. The van der Waals surface area contributed by atoms with Crippen molar-refractivity contribution in [1.29, 1.82) is 0 Å². The van der Waals surface area contributed by atoms with Crippen molar-refractivity contribution >= 4 is 35.0 Å². The predicted octanol–water partition coefficient (Wildman–Crippen LogP) is 4.13. The SMILES string of the molecule is CCCn1c(SCC(=O)Nc2cccc(Cl)c2)nnc1-c1cccnc1. The first-order chi connectivity index (χ1) is 12.7. The molecule has 1 amide bonds. The molecule has 6 nitrogen and oxygen atoms in total. The van der Waals surface area contributed by atoms with E-state index in [1.54, 1.807) is 36.7 Å². The van der Waals surface area contributed by atoms with Crippen molar-refractivity contribution in [2.24, 2.45) is 0 Å². The van der Waals surface area contributed by atoms with Gasteiger partial charge in [0, 0.05) is 35.2 Å². The van der Waals surface area contributed by atoms with Gasteiger partial charge in [-0.1, -0.05) is 36.4 Å². The van der Waals surface area contributed by atoms with Crippen LogP contribution in [-0.4, -0.2) is 31.4 Å². The van der Waals surface area contributed by atoms with Crippen LogP contribution in [0.3, 0.4) is 0 Å². The highest BCUT2D eigenvalue weighted by Gasteiger charge is 2.15. The van der Waals surface area contributed by atoms with Gasteiger partial charge in [0.1, 0.15) is 0 Å². The Morgan fingerprint density at radius 2 is 2.15 bits per heavy atom. The molecule has 0 aliphatic carbocycles. The van der Waals surface area contributed by atoms with Gasteiger partial charge >= 0.3 is 0 Å². The first-order valence-corrected chi connectivity index (χ1v) is 9.55. The van der Waals surface area contributed by atoms with Gasteiger partial charge in [-0.3, -0.25) is 9.78 Å². The maximum absolute atomic E-state index is 12.2.